The first kappa shape index (κ1) is 11.9. The highest BCUT2D eigenvalue weighted by Crippen LogP contribution is 2.37. The molecule has 0 aliphatic heterocycles. The maximum atomic E-state index is 6.29. The van der Waals surface area contributed by atoms with E-state index in [2.05, 4.69) is 32.2 Å². The predicted molar refractivity (Wildman–Crippen MR) is 70.3 cm³/mol. The molecule has 1 aliphatic rings. The van der Waals surface area contributed by atoms with Gasteiger partial charge in [-0.05, 0) is 68.0 Å². The van der Waals surface area contributed by atoms with E-state index in [9.17, 15) is 0 Å². The third-order valence-electron chi connectivity index (χ3n) is 3.63. The molecule has 0 radical (unpaired) electrons. The average Bonchev–Trinajstić information content (AvgIpc) is 2.26. The lowest BCUT2D eigenvalue weighted by Gasteiger charge is -2.29. The third-order valence-corrected chi connectivity index (χ3v) is 4.02. The molecule has 0 bridgehead atoms. The van der Waals surface area contributed by atoms with Crippen LogP contribution in [0.4, 0.5) is 0 Å². The second kappa shape index (κ2) is 4.77. The smallest absolute Gasteiger partial charge is 0.0441 e. The number of nitrogens with one attached hydrogen (secondary N) is 1. The summed E-state index contributed by atoms with van der Waals surface area (Å²) in [5.41, 5.74) is 5.62. The van der Waals surface area contributed by atoms with Crippen LogP contribution >= 0.6 is 11.6 Å². The minimum Gasteiger partial charge on any atom is -0.310 e. The summed E-state index contributed by atoms with van der Waals surface area (Å²) < 4.78 is 0. The zero-order valence-electron chi connectivity index (χ0n) is 10.4. The molecule has 0 fully saturated rings. The maximum absolute atomic E-state index is 6.29. The SMILES string of the molecule is CCNC1CCCc2c(C)cc(Cl)c(C)c21. The summed E-state index contributed by atoms with van der Waals surface area (Å²) in [5, 5.41) is 4.49. The molecule has 1 N–H and O–H groups in total. The average molecular weight is 238 g/mol. The van der Waals surface area contributed by atoms with E-state index in [1.54, 1.807) is 0 Å². The van der Waals surface area contributed by atoms with E-state index in [1.165, 1.54) is 41.5 Å². The van der Waals surface area contributed by atoms with Gasteiger partial charge in [0, 0.05) is 11.1 Å². The molecule has 2 rings (SSSR count). The van der Waals surface area contributed by atoms with Crippen LogP contribution in [0.1, 0.15) is 48.1 Å². The van der Waals surface area contributed by atoms with E-state index >= 15 is 0 Å². The fourth-order valence-corrected chi connectivity index (χ4v) is 3.10. The van der Waals surface area contributed by atoms with E-state index in [-0.39, 0.29) is 0 Å². The highest BCUT2D eigenvalue weighted by molar-refractivity contribution is 6.31. The molecule has 1 unspecified atom stereocenters. The molecular weight excluding hydrogens is 218 g/mol. The molecule has 16 heavy (non-hydrogen) atoms. The van der Waals surface area contributed by atoms with Gasteiger partial charge < -0.3 is 5.32 Å². The third kappa shape index (κ3) is 1.99. The number of aryl methyl sites for hydroxylation is 1. The van der Waals surface area contributed by atoms with Crippen LogP contribution in [0.25, 0.3) is 0 Å². The molecule has 1 aromatic carbocycles. The van der Waals surface area contributed by atoms with Gasteiger partial charge in [-0.25, -0.2) is 0 Å². The van der Waals surface area contributed by atoms with Gasteiger partial charge in [-0.15, -0.1) is 0 Å². The van der Waals surface area contributed by atoms with Crippen molar-refractivity contribution in [1.82, 2.24) is 5.32 Å². The Balaban J connectivity index is 2.53. The maximum Gasteiger partial charge on any atom is 0.0441 e. The highest BCUT2D eigenvalue weighted by Gasteiger charge is 2.23. The van der Waals surface area contributed by atoms with Gasteiger partial charge in [0.1, 0.15) is 0 Å². The summed E-state index contributed by atoms with van der Waals surface area (Å²) in [6.07, 6.45) is 3.73. The van der Waals surface area contributed by atoms with Gasteiger partial charge in [0.05, 0.1) is 0 Å². The van der Waals surface area contributed by atoms with Crippen LogP contribution in [0, 0.1) is 13.8 Å². The van der Waals surface area contributed by atoms with E-state index < -0.39 is 0 Å². The first-order valence-electron chi connectivity index (χ1n) is 6.17. The quantitative estimate of drug-likeness (QED) is 0.822. The van der Waals surface area contributed by atoms with Crippen molar-refractivity contribution in [3.05, 3.63) is 33.3 Å². The van der Waals surface area contributed by atoms with E-state index in [1.807, 2.05) is 0 Å². The predicted octanol–water partition coefficient (Wildman–Crippen LogP) is 3.94. The number of hydrogen-bond acceptors (Lipinski definition) is 1. The second-order valence-electron chi connectivity index (χ2n) is 4.70. The summed E-state index contributed by atoms with van der Waals surface area (Å²) in [5.74, 6) is 0. The Kier molecular flexibility index (Phi) is 3.56. The minimum absolute atomic E-state index is 0.506. The van der Waals surface area contributed by atoms with Crippen molar-refractivity contribution in [2.24, 2.45) is 0 Å². The molecule has 1 aromatic rings. The molecule has 0 saturated carbocycles. The second-order valence-corrected chi connectivity index (χ2v) is 5.10. The van der Waals surface area contributed by atoms with Crippen LogP contribution in [-0.4, -0.2) is 6.54 Å². The molecule has 0 heterocycles. The summed E-state index contributed by atoms with van der Waals surface area (Å²) >= 11 is 6.29. The number of benzene rings is 1. The summed E-state index contributed by atoms with van der Waals surface area (Å²) in [6.45, 7) is 7.52. The molecule has 1 nitrogen and oxygen atoms in total. The molecule has 0 spiro atoms. The largest absolute Gasteiger partial charge is 0.310 e. The molecule has 0 saturated heterocycles. The van der Waals surface area contributed by atoms with Crippen LogP contribution < -0.4 is 5.32 Å². The fourth-order valence-electron chi connectivity index (χ4n) is 2.83. The normalized spacial score (nSPS) is 19.6. The van der Waals surface area contributed by atoms with Gasteiger partial charge in [0.2, 0.25) is 0 Å². The lowest BCUT2D eigenvalue weighted by atomic mass is 9.82. The van der Waals surface area contributed by atoms with Gasteiger partial charge in [0.25, 0.3) is 0 Å². The van der Waals surface area contributed by atoms with Crippen LogP contribution in [0.2, 0.25) is 5.02 Å². The van der Waals surface area contributed by atoms with Crippen molar-refractivity contribution >= 4 is 11.6 Å². The molecule has 1 atom stereocenters. The Bertz CT molecular complexity index is 398. The Morgan fingerprint density at radius 2 is 2.19 bits per heavy atom. The van der Waals surface area contributed by atoms with Crippen LogP contribution in [0.15, 0.2) is 6.07 Å². The zero-order valence-corrected chi connectivity index (χ0v) is 11.1. The molecule has 88 valence electrons. The van der Waals surface area contributed by atoms with Crippen molar-refractivity contribution in [3.8, 4) is 0 Å². The zero-order chi connectivity index (χ0) is 11.7. The molecule has 1 aliphatic carbocycles. The van der Waals surface area contributed by atoms with Gasteiger partial charge >= 0.3 is 0 Å². The molecule has 0 aromatic heterocycles. The van der Waals surface area contributed by atoms with Crippen LogP contribution in [-0.2, 0) is 6.42 Å². The molecular formula is C14H20ClN. The monoisotopic (exact) mass is 237 g/mol. The number of halogens is 1. The lowest BCUT2D eigenvalue weighted by Crippen LogP contribution is -2.26. The van der Waals surface area contributed by atoms with E-state index in [4.69, 9.17) is 11.6 Å². The number of rotatable bonds is 2. The summed E-state index contributed by atoms with van der Waals surface area (Å²) in [7, 11) is 0. The Morgan fingerprint density at radius 1 is 1.44 bits per heavy atom. The fraction of sp³-hybridized carbons (Fsp3) is 0.571. The lowest BCUT2D eigenvalue weighted by molar-refractivity contribution is 0.468. The number of hydrogen-bond donors (Lipinski definition) is 1. The first-order valence-corrected chi connectivity index (χ1v) is 6.54. The standard InChI is InChI=1S/C14H20ClN/c1-4-16-13-7-5-6-11-9(2)8-12(15)10(3)14(11)13/h8,13,16H,4-7H2,1-3H3. The van der Waals surface area contributed by atoms with E-state index in [0.717, 1.165) is 11.6 Å². The topological polar surface area (TPSA) is 12.0 Å². The summed E-state index contributed by atoms with van der Waals surface area (Å²) in [6, 6.07) is 2.62. The van der Waals surface area contributed by atoms with Gasteiger partial charge in [0.15, 0.2) is 0 Å². The minimum atomic E-state index is 0.506. The van der Waals surface area contributed by atoms with Crippen molar-refractivity contribution < 1.29 is 0 Å². The van der Waals surface area contributed by atoms with Gasteiger partial charge in [-0.1, -0.05) is 18.5 Å². The van der Waals surface area contributed by atoms with Crippen molar-refractivity contribution in [2.45, 2.75) is 46.1 Å². The Morgan fingerprint density at radius 3 is 2.88 bits per heavy atom. The Labute approximate surface area is 103 Å². The Hall–Kier alpha value is -0.530. The van der Waals surface area contributed by atoms with Gasteiger partial charge in [-0.2, -0.15) is 0 Å². The number of fused-ring (bicyclic) bond motifs is 1. The highest BCUT2D eigenvalue weighted by atomic mass is 35.5. The molecule has 2 heteroatoms. The van der Waals surface area contributed by atoms with E-state index in [0.29, 0.717) is 6.04 Å². The van der Waals surface area contributed by atoms with Crippen molar-refractivity contribution in [1.29, 1.82) is 0 Å². The van der Waals surface area contributed by atoms with Crippen LogP contribution in [0.3, 0.4) is 0 Å². The van der Waals surface area contributed by atoms with Crippen LogP contribution in [0.5, 0.6) is 0 Å². The van der Waals surface area contributed by atoms with Crippen molar-refractivity contribution in [3.63, 3.8) is 0 Å². The first-order chi connectivity index (χ1) is 7.65. The summed E-state index contributed by atoms with van der Waals surface area (Å²) in [4.78, 5) is 0. The van der Waals surface area contributed by atoms with Crippen molar-refractivity contribution in [2.75, 3.05) is 6.54 Å². The van der Waals surface area contributed by atoms with Gasteiger partial charge in [-0.3, -0.25) is 0 Å². The molecule has 0 amide bonds.